The summed E-state index contributed by atoms with van der Waals surface area (Å²) in [5.74, 6) is 0.0872. The summed E-state index contributed by atoms with van der Waals surface area (Å²) in [6.45, 7) is 6.20. The molecule has 0 atom stereocenters. The van der Waals surface area contributed by atoms with Crippen molar-refractivity contribution in [2.75, 3.05) is 13.1 Å². The van der Waals surface area contributed by atoms with Crippen LogP contribution in [0.1, 0.15) is 37.7 Å². The van der Waals surface area contributed by atoms with Gasteiger partial charge in [-0.05, 0) is 44.0 Å². The van der Waals surface area contributed by atoms with Gasteiger partial charge in [0.25, 0.3) is 5.91 Å². The first-order valence-corrected chi connectivity index (χ1v) is 10.5. The van der Waals surface area contributed by atoms with Gasteiger partial charge >= 0.3 is 11.9 Å². The average molecular weight is 434 g/mol. The fourth-order valence-corrected chi connectivity index (χ4v) is 3.42. The molecule has 0 saturated carbocycles. The van der Waals surface area contributed by atoms with Crippen LogP contribution in [-0.2, 0) is 4.74 Å². The molecule has 2 N–H and O–H groups in total. The minimum atomic E-state index is -0.546. The number of alkyl carbamates (subject to hydrolysis) is 1. The van der Waals surface area contributed by atoms with E-state index in [9.17, 15) is 9.59 Å². The second-order valence-electron chi connectivity index (χ2n) is 8.46. The van der Waals surface area contributed by atoms with E-state index in [4.69, 9.17) is 9.15 Å². The molecule has 166 valence electrons. The molecule has 8 nitrogen and oxygen atoms in total. The quantitative estimate of drug-likeness (QED) is 0.439. The van der Waals surface area contributed by atoms with Gasteiger partial charge in [0.2, 0.25) is 0 Å². The number of aromatic nitrogens is 2. The lowest BCUT2D eigenvalue weighted by Crippen LogP contribution is -2.34. The molecule has 0 bridgehead atoms. The van der Waals surface area contributed by atoms with Gasteiger partial charge in [0.05, 0.1) is 0 Å². The van der Waals surface area contributed by atoms with Crippen molar-refractivity contribution >= 4 is 28.6 Å². The number of rotatable bonds is 6. The van der Waals surface area contributed by atoms with Gasteiger partial charge in [-0.3, -0.25) is 9.20 Å². The predicted molar refractivity (Wildman–Crippen MR) is 122 cm³/mol. The third kappa shape index (κ3) is 4.74. The number of hydrogen-bond donors (Lipinski definition) is 2. The fraction of sp³-hybridized carbons (Fsp3) is 0.292. The second-order valence-corrected chi connectivity index (χ2v) is 8.46. The summed E-state index contributed by atoms with van der Waals surface area (Å²) in [5, 5.41) is 7.76. The second kappa shape index (κ2) is 8.74. The number of fused-ring (bicyclic) bond motifs is 2. The van der Waals surface area contributed by atoms with Crippen LogP contribution >= 0.6 is 0 Å². The molecule has 0 saturated heterocycles. The molecule has 2 heterocycles. The van der Waals surface area contributed by atoms with Crippen LogP contribution in [0.25, 0.3) is 27.9 Å². The Bertz CT molecular complexity index is 1270. The average Bonchev–Trinajstić information content (AvgIpc) is 3.33. The lowest BCUT2D eigenvalue weighted by molar-refractivity contribution is 0.0527. The monoisotopic (exact) mass is 434 g/mol. The van der Waals surface area contributed by atoms with E-state index in [2.05, 4.69) is 15.6 Å². The molecule has 0 radical (unpaired) electrons. The van der Waals surface area contributed by atoms with Crippen molar-refractivity contribution in [1.82, 2.24) is 20.0 Å². The lowest BCUT2D eigenvalue weighted by atomic mass is 10.0. The lowest BCUT2D eigenvalue weighted by Gasteiger charge is -2.19. The summed E-state index contributed by atoms with van der Waals surface area (Å²) >= 11 is 0. The van der Waals surface area contributed by atoms with E-state index < -0.39 is 11.7 Å². The molecule has 0 spiro atoms. The Morgan fingerprint density at radius 2 is 1.81 bits per heavy atom. The maximum absolute atomic E-state index is 13.0. The molecule has 4 rings (SSSR count). The van der Waals surface area contributed by atoms with Crippen LogP contribution in [-0.4, -0.2) is 40.1 Å². The molecular formula is C24H26N4O4. The van der Waals surface area contributed by atoms with Gasteiger partial charge in [0.15, 0.2) is 0 Å². The molecule has 32 heavy (non-hydrogen) atoms. The topological polar surface area (TPSA) is 97.9 Å². The van der Waals surface area contributed by atoms with Gasteiger partial charge in [-0.25, -0.2) is 4.79 Å². The van der Waals surface area contributed by atoms with Gasteiger partial charge in [-0.15, -0.1) is 0 Å². The van der Waals surface area contributed by atoms with Crippen LogP contribution < -0.4 is 10.6 Å². The summed E-state index contributed by atoms with van der Waals surface area (Å²) in [5.41, 5.74) is 1.25. The molecule has 4 aromatic rings. The van der Waals surface area contributed by atoms with E-state index >= 15 is 0 Å². The Labute approximate surface area is 185 Å². The number of carbonyl (C=O) groups is 2. The van der Waals surface area contributed by atoms with Crippen molar-refractivity contribution in [3.8, 4) is 11.3 Å². The third-order valence-electron chi connectivity index (χ3n) is 4.81. The largest absolute Gasteiger partial charge is 0.444 e. The van der Waals surface area contributed by atoms with Crippen LogP contribution in [0.15, 0.2) is 59.3 Å². The molecule has 0 aliphatic carbocycles. The SMILES string of the molecule is CC(C)(C)OC(=O)NCCCNC(=O)c1c(-c2ccc3ccccc3c2)nc2occn12. The molecular weight excluding hydrogens is 408 g/mol. The number of hydrogen-bond acceptors (Lipinski definition) is 5. The number of ether oxygens (including phenoxy) is 1. The number of benzene rings is 2. The third-order valence-corrected chi connectivity index (χ3v) is 4.81. The van der Waals surface area contributed by atoms with E-state index in [0.717, 1.165) is 16.3 Å². The molecule has 0 aliphatic heterocycles. The number of oxazole rings is 1. The van der Waals surface area contributed by atoms with Crippen molar-refractivity contribution in [3.63, 3.8) is 0 Å². The normalized spacial score (nSPS) is 11.6. The van der Waals surface area contributed by atoms with Crippen molar-refractivity contribution in [3.05, 3.63) is 60.6 Å². The highest BCUT2D eigenvalue weighted by molar-refractivity contribution is 6.00. The summed E-state index contributed by atoms with van der Waals surface area (Å²) < 4.78 is 12.3. The van der Waals surface area contributed by atoms with E-state index in [0.29, 0.717) is 36.7 Å². The molecule has 0 aliphatic rings. The Morgan fingerprint density at radius 1 is 1.06 bits per heavy atom. The molecule has 0 fully saturated rings. The van der Waals surface area contributed by atoms with Crippen LogP contribution in [0.4, 0.5) is 4.79 Å². The Hall–Kier alpha value is -3.81. The Morgan fingerprint density at radius 3 is 2.59 bits per heavy atom. The van der Waals surface area contributed by atoms with Crippen molar-refractivity contribution < 1.29 is 18.7 Å². The maximum Gasteiger partial charge on any atom is 0.407 e. The van der Waals surface area contributed by atoms with Crippen molar-refractivity contribution in [2.24, 2.45) is 0 Å². The minimum absolute atomic E-state index is 0.265. The van der Waals surface area contributed by atoms with Gasteiger partial charge in [0, 0.05) is 24.8 Å². The fourth-order valence-electron chi connectivity index (χ4n) is 3.42. The zero-order chi connectivity index (χ0) is 22.7. The van der Waals surface area contributed by atoms with Crippen LogP contribution in [0.3, 0.4) is 0 Å². The first kappa shape index (κ1) is 21.4. The zero-order valence-electron chi connectivity index (χ0n) is 18.3. The van der Waals surface area contributed by atoms with Crippen molar-refractivity contribution in [1.29, 1.82) is 0 Å². The van der Waals surface area contributed by atoms with E-state index in [1.807, 2.05) is 63.2 Å². The number of amides is 2. The van der Waals surface area contributed by atoms with E-state index in [-0.39, 0.29) is 5.91 Å². The van der Waals surface area contributed by atoms with Gasteiger partial charge < -0.3 is 19.8 Å². The number of nitrogens with one attached hydrogen (secondary N) is 2. The standard InChI is InChI=1S/C24H26N4O4/c1-24(2,3)32-23(30)26-12-6-11-25-21(29)20-19(27-22-28(20)13-14-31-22)18-10-9-16-7-4-5-8-17(16)15-18/h4-5,7-10,13-15H,6,11-12H2,1-3H3,(H,25,29)(H,26,30). The Balaban J connectivity index is 1.46. The van der Waals surface area contributed by atoms with E-state index in [1.165, 1.54) is 6.26 Å². The first-order chi connectivity index (χ1) is 15.3. The van der Waals surface area contributed by atoms with Crippen LogP contribution in [0.5, 0.6) is 0 Å². The van der Waals surface area contributed by atoms with Gasteiger partial charge in [-0.1, -0.05) is 36.4 Å². The predicted octanol–water partition coefficient (Wildman–Crippen LogP) is 4.39. The molecule has 8 heteroatoms. The molecule has 2 aromatic carbocycles. The zero-order valence-corrected chi connectivity index (χ0v) is 18.3. The summed E-state index contributed by atoms with van der Waals surface area (Å²) in [4.78, 5) is 29.3. The molecule has 2 amide bonds. The van der Waals surface area contributed by atoms with E-state index in [1.54, 1.807) is 10.6 Å². The molecule has 0 unspecified atom stereocenters. The Kier molecular flexibility index (Phi) is 5.85. The minimum Gasteiger partial charge on any atom is -0.444 e. The van der Waals surface area contributed by atoms with Crippen LogP contribution in [0.2, 0.25) is 0 Å². The smallest absolute Gasteiger partial charge is 0.407 e. The summed E-state index contributed by atoms with van der Waals surface area (Å²) in [6, 6.07) is 14.0. The summed E-state index contributed by atoms with van der Waals surface area (Å²) in [6.07, 6.45) is 3.25. The highest BCUT2D eigenvalue weighted by Gasteiger charge is 2.22. The van der Waals surface area contributed by atoms with Gasteiger partial charge in [-0.2, -0.15) is 4.98 Å². The molecule has 2 aromatic heterocycles. The number of carbonyl (C=O) groups excluding carboxylic acids is 2. The highest BCUT2D eigenvalue weighted by atomic mass is 16.6. The first-order valence-electron chi connectivity index (χ1n) is 10.5. The van der Waals surface area contributed by atoms with Crippen molar-refractivity contribution in [2.45, 2.75) is 32.8 Å². The number of nitrogens with zero attached hydrogens (tertiary/aromatic N) is 2. The highest BCUT2D eigenvalue weighted by Crippen LogP contribution is 2.28. The van der Waals surface area contributed by atoms with Crippen LogP contribution in [0, 0.1) is 0 Å². The summed E-state index contributed by atoms with van der Waals surface area (Å²) in [7, 11) is 0. The number of imidazole rings is 1. The van der Waals surface area contributed by atoms with Gasteiger partial charge in [0.1, 0.15) is 23.3 Å². The maximum atomic E-state index is 13.0.